The van der Waals surface area contributed by atoms with Crippen molar-refractivity contribution in [3.05, 3.63) is 29.3 Å². The first-order valence-corrected chi connectivity index (χ1v) is 12.7. The zero-order chi connectivity index (χ0) is 23.6. The first kappa shape index (κ1) is 22.6. The maximum atomic E-state index is 13.8. The van der Waals surface area contributed by atoms with Crippen LogP contribution in [0.3, 0.4) is 0 Å². The molecule has 1 aromatic carbocycles. The second-order valence-corrected chi connectivity index (χ2v) is 12.8. The first-order chi connectivity index (χ1) is 15.4. The maximum absolute atomic E-state index is 13.8. The van der Waals surface area contributed by atoms with Crippen LogP contribution in [0.2, 0.25) is 0 Å². The van der Waals surface area contributed by atoms with Crippen molar-refractivity contribution < 1.29 is 14.3 Å². The lowest BCUT2D eigenvalue weighted by Crippen LogP contribution is -2.50. The number of benzene rings is 1. The van der Waals surface area contributed by atoms with Gasteiger partial charge in [0, 0.05) is 17.5 Å². The zero-order valence-electron chi connectivity index (χ0n) is 20.8. The van der Waals surface area contributed by atoms with Gasteiger partial charge in [0.25, 0.3) is 0 Å². The number of hydrogen-bond acceptors (Lipinski definition) is 4. The number of nitrogens with zero attached hydrogens (tertiary/aromatic N) is 1. The number of ketones is 1. The van der Waals surface area contributed by atoms with E-state index in [9.17, 15) is 9.59 Å². The Bertz CT molecular complexity index is 979. The van der Waals surface area contributed by atoms with Crippen LogP contribution >= 0.6 is 0 Å². The number of amides is 1. The van der Waals surface area contributed by atoms with Crippen LogP contribution < -0.4 is 5.32 Å². The normalized spacial score (nSPS) is 31.5. The number of nitrogens with one attached hydrogen (secondary N) is 1. The van der Waals surface area contributed by atoms with Crippen LogP contribution in [-0.2, 0) is 16.0 Å². The lowest BCUT2D eigenvalue weighted by Gasteiger charge is -2.56. The number of fused-ring (bicyclic) bond motifs is 1. The first-order valence-electron chi connectivity index (χ1n) is 12.7. The van der Waals surface area contributed by atoms with Crippen molar-refractivity contribution in [1.29, 1.82) is 0 Å². The quantitative estimate of drug-likeness (QED) is 0.582. The lowest BCUT2D eigenvalue weighted by atomic mass is 9.48. The van der Waals surface area contributed by atoms with Crippen LogP contribution in [0.1, 0.15) is 90.7 Å². The van der Waals surface area contributed by atoms with Gasteiger partial charge in [-0.2, -0.15) is 0 Å². The summed E-state index contributed by atoms with van der Waals surface area (Å²) >= 11 is 0. The molecule has 5 heteroatoms. The van der Waals surface area contributed by atoms with Crippen molar-refractivity contribution in [1.82, 2.24) is 0 Å². The zero-order valence-corrected chi connectivity index (χ0v) is 20.8. The molecule has 0 saturated heterocycles. The molecule has 1 amide bonds. The molecule has 6 rings (SSSR count). The smallest absolute Gasteiger partial charge is 0.412 e. The van der Waals surface area contributed by atoms with Crippen LogP contribution in [0.5, 0.6) is 0 Å². The number of Topliss-reactive ketones (excluding diaryl/α,β-unsaturated/α-hetero) is 1. The van der Waals surface area contributed by atoms with Gasteiger partial charge in [0.05, 0.1) is 11.3 Å². The fourth-order valence-corrected chi connectivity index (χ4v) is 7.38. The third-order valence-electron chi connectivity index (χ3n) is 8.08. The molecule has 1 aliphatic heterocycles. The maximum Gasteiger partial charge on any atom is 0.412 e. The van der Waals surface area contributed by atoms with Crippen molar-refractivity contribution in [3.63, 3.8) is 0 Å². The summed E-state index contributed by atoms with van der Waals surface area (Å²) < 4.78 is 5.40. The van der Waals surface area contributed by atoms with Crippen molar-refractivity contribution in [3.8, 4) is 0 Å². The predicted molar refractivity (Wildman–Crippen MR) is 131 cm³/mol. The molecule has 4 fully saturated rings. The molecule has 0 atom stereocenters. The molecule has 1 N–H and O–H groups in total. The summed E-state index contributed by atoms with van der Waals surface area (Å²) in [7, 11) is 0. The van der Waals surface area contributed by atoms with E-state index in [-0.39, 0.29) is 11.0 Å². The molecule has 0 radical (unpaired) electrons. The van der Waals surface area contributed by atoms with E-state index in [2.05, 4.69) is 19.2 Å². The Kier molecular flexibility index (Phi) is 5.26. The summed E-state index contributed by atoms with van der Waals surface area (Å²) in [6, 6.07) is 5.93. The topological polar surface area (TPSA) is 67.8 Å². The number of rotatable bonds is 4. The van der Waals surface area contributed by atoms with Crippen LogP contribution in [0.15, 0.2) is 23.2 Å². The van der Waals surface area contributed by atoms with Gasteiger partial charge in [-0.25, -0.2) is 4.79 Å². The molecule has 33 heavy (non-hydrogen) atoms. The van der Waals surface area contributed by atoms with E-state index in [1.54, 1.807) is 0 Å². The lowest BCUT2D eigenvalue weighted by molar-refractivity contribution is -0.142. The van der Waals surface area contributed by atoms with E-state index >= 15 is 0 Å². The van der Waals surface area contributed by atoms with Gasteiger partial charge in [0.15, 0.2) is 0 Å². The predicted octanol–water partition coefficient (Wildman–Crippen LogP) is 6.33. The van der Waals surface area contributed by atoms with Crippen molar-refractivity contribution >= 4 is 23.3 Å². The van der Waals surface area contributed by atoms with E-state index in [1.165, 1.54) is 19.3 Å². The Labute approximate surface area is 197 Å². The van der Waals surface area contributed by atoms with Crippen LogP contribution in [0.25, 0.3) is 0 Å². The third-order valence-corrected chi connectivity index (χ3v) is 8.08. The fraction of sp³-hybridized carbons (Fsp3) is 0.679. The van der Waals surface area contributed by atoms with Gasteiger partial charge in [-0.3, -0.25) is 15.1 Å². The highest BCUT2D eigenvalue weighted by atomic mass is 16.6. The molecule has 5 aliphatic rings. The molecule has 1 heterocycles. The third kappa shape index (κ3) is 4.61. The molecular weight excluding hydrogens is 412 g/mol. The molecule has 4 aliphatic carbocycles. The molecule has 4 bridgehead atoms. The summed E-state index contributed by atoms with van der Waals surface area (Å²) in [5.74, 6) is 2.70. The standard InChI is InChI=1S/C28H38N2O3/c1-26(2,3)33-25(32)29-21-6-7-22-20(11-21)16-27(4,5)30-23(22)12-24(31)28-13-17-8-18(14-28)10-19(9-17)15-28/h6-7,11,17-19H,8-10,12-16H2,1-5H3,(H,29,32). The highest BCUT2D eigenvalue weighted by Gasteiger charge is 2.54. The summed E-state index contributed by atoms with van der Waals surface area (Å²) in [5.41, 5.74) is 2.92. The van der Waals surface area contributed by atoms with E-state index in [1.807, 2.05) is 39.0 Å². The van der Waals surface area contributed by atoms with Crippen LogP contribution in [-0.4, -0.2) is 28.7 Å². The number of carbonyl (C=O) groups excluding carboxylic acids is 2. The van der Waals surface area contributed by atoms with Crippen molar-refractivity contribution in [2.75, 3.05) is 5.32 Å². The Morgan fingerprint density at radius 3 is 2.24 bits per heavy atom. The number of anilines is 1. The highest BCUT2D eigenvalue weighted by Crippen LogP contribution is 2.60. The summed E-state index contributed by atoms with van der Waals surface area (Å²) in [6.07, 6.45) is 8.08. The minimum absolute atomic E-state index is 0.1000. The van der Waals surface area contributed by atoms with Gasteiger partial charge in [0.2, 0.25) is 0 Å². The average molecular weight is 451 g/mol. The number of ether oxygens (including phenoxy) is 1. The summed E-state index contributed by atoms with van der Waals surface area (Å²) in [4.78, 5) is 31.1. The van der Waals surface area contributed by atoms with Crippen molar-refractivity contribution in [2.24, 2.45) is 28.2 Å². The van der Waals surface area contributed by atoms with Gasteiger partial charge in [-0.05, 0) is 121 Å². The average Bonchev–Trinajstić information content (AvgIpc) is 2.64. The number of hydrogen-bond donors (Lipinski definition) is 1. The van der Waals surface area contributed by atoms with E-state index in [0.29, 0.717) is 17.9 Å². The molecular formula is C28H38N2O3. The molecule has 1 aromatic rings. The van der Waals surface area contributed by atoms with E-state index in [0.717, 1.165) is 60.3 Å². The van der Waals surface area contributed by atoms with Gasteiger partial charge in [0.1, 0.15) is 11.4 Å². The SMILES string of the molecule is CC1(C)Cc2cc(NC(=O)OC(C)(C)C)ccc2C(CC(=O)C23CC4CC(CC(C4)C2)C3)=N1. The second kappa shape index (κ2) is 7.68. The molecule has 5 nitrogen and oxygen atoms in total. The highest BCUT2D eigenvalue weighted by molar-refractivity contribution is 6.14. The largest absolute Gasteiger partial charge is 0.444 e. The molecule has 0 aromatic heterocycles. The summed E-state index contributed by atoms with van der Waals surface area (Å²) in [5, 5.41) is 2.85. The van der Waals surface area contributed by atoms with Crippen LogP contribution in [0, 0.1) is 23.2 Å². The number of carbonyl (C=O) groups is 2. The van der Waals surface area contributed by atoms with Gasteiger partial charge in [-0.15, -0.1) is 0 Å². The van der Waals surface area contributed by atoms with E-state index in [4.69, 9.17) is 9.73 Å². The minimum Gasteiger partial charge on any atom is -0.444 e. The molecule has 0 spiro atoms. The van der Waals surface area contributed by atoms with Crippen molar-refractivity contribution in [2.45, 2.75) is 97.1 Å². The van der Waals surface area contributed by atoms with E-state index < -0.39 is 11.7 Å². The summed E-state index contributed by atoms with van der Waals surface area (Å²) in [6.45, 7) is 9.81. The van der Waals surface area contributed by atoms with Gasteiger partial charge < -0.3 is 4.74 Å². The Morgan fingerprint density at radius 1 is 1.06 bits per heavy atom. The molecule has 0 unspecified atom stereocenters. The molecule has 4 saturated carbocycles. The Hall–Kier alpha value is -2.17. The Balaban J connectivity index is 1.36. The number of aliphatic imine (C=N–C) groups is 1. The minimum atomic E-state index is -0.544. The second-order valence-electron chi connectivity index (χ2n) is 12.8. The fourth-order valence-electron chi connectivity index (χ4n) is 7.38. The van der Waals surface area contributed by atoms with Gasteiger partial charge in [-0.1, -0.05) is 6.07 Å². The van der Waals surface area contributed by atoms with Gasteiger partial charge >= 0.3 is 6.09 Å². The Morgan fingerprint density at radius 2 is 1.67 bits per heavy atom. The van der Waals surface area contributed by atoms with Crippen LogP contribution in [0.4, 0.5) is 10.5 Å². The molecule has 178 valence electrons. The monoisotopic (exact) mass is 450 g/mol.